The molecule has 1 aliphatic carbocycles. The maximum atomic E-state index is 12.2. The maximum absolute atomic E-state index is 12.2. The molecule has 1 saturated heterocycles. The number of benzene rings is 1. The highest BCUT2D eigenvalue weighted by atomic mass is 35.5. The summed E-state index contributed by atoms with van der Waals surface area (Å²) in [7, 11) is 0. The van der Waals surface area contributed by atoms with Crippen molar-refractivity contribution < 1.29 is 4.79 Å². The predicted octanol–water partition coefficient (Wildman–Crippen LogP) is 4.20. The fourth-order valence-corrected chi connectivity index (χ4v) is 4.84. The lowest BCUT2D eigenvalue weighted by Crippen LogP contribution is -2.46. The van der Waals surface area contributed by atoms with Gasteiger partial charge in [-0.15, -0.1) is 11.8 Å². The van der Waals surface area contributed by atoms with Crippen LogP contribution in [0.15, 0.2) is 29.2 Å². The summed E-state index contributed by atoms with van der Waals surface area (Å²) in [5, 5.41) is 3.91. The van der Waals surface area contributed by atoms with Crippen molar-refractivity contribution in [3.05, 3.63) is 29.3 Å². The molecule has 0 radical (unpaired) electrons. The number of amides is 1. The van der Waals surface area contributed by atoms with Gasteiger partial charge in [0.15, 0.2) is 0 Å². The van der Waals surface area contributed by atoms with E-state index in [2.05, 4.69) is 10.2 Å². The summed E-state index contributed by atoms with van der Waals surface area (Å²) < 4.78 is 0. The van der Waals surface area contributed by atoms with Gasteiger partial charge in [-0.25, -0.2) is 0 Å². The molecule has 2 fully saturated rings. The minimum atomic E-state index is 0.120. The smallest absolute Gasteiger partial charge is 0.230 e. The molecule has 1 amide bonds. The fraction of sp³-hybridized carbons (Fsp3) is 0.632. The van der Waals surface area contributed by atoms with Crippen LogP contribution in [-0.2, 0) is 4.79 Å². The van der Waals surface area contributed by atoms with Crippen LogP contribution in [0.5, 0.6) is 0 Å². The molecule has 0 atom stereocenters. The summed E-state index contributed by atoms with van der Waals surface area (Å²) in [4.78, 5) is 15.7. The van der Waals surface area contributed by atoms with Gasteiger partial charge in [0, 0.05) is 30.6 Å². The van der Waals surface area contributed by atoms with Crippen LogP contribution in [0, 0.1) is 5.92 Å². The number of likely N-dealkylation sites (tertiary alicyclic amines) is 1. The van der Waals surface area contributed by atoms with E-state index < -0.39 is 0 Å². The number of nitrogens with one attached hydrogen (secondary N) is 1. The minimum absolute atomic E-state index is 0.120. The number of nitrogens with zero attached hydrogens (tertiary/aromatic N) is 1. The van der Waals surface area contributed by atoms with Crippen LogP contribution in [0.1, 0.15) is 38.5 Å². The zero-order chi connectivity index (χ0) is 16.8. The van der Waals surface area contributed by atoms with E-state index in [0.717, 1.165) is 41.8 Å². The van der Waals surface area contributed by atoms with Gasteiger partial charge in [-0.05, 0) is 43.7 Å². The monoisotopic (exact) mass is 366 g/mol. The van der Waals surface area contributed by atoms with Crippen molar-refractivity contribution in [1.29, 1.82) is 0 Å². The zero-order valence-corrected chi connectivity index (χ0v) is 15.7. The summed E-state index contributed by atoms with van der Waals surface area (Å²) in [5.74, 6) is 1.48. The van der Waals surface area contributed by atoms with Crippen molar-refractivity contribution in [3.63, 3.8) is 0 Å². The van der Waals surface area contributed by atoms with Gasteiger partial charge < -0.3 is 10.2 Å². The van der Waals surface area contributed by atoms with E-state index >= 15 is 0 Å². The van der Waals surface area contributed by atoms with E-state index in [1.807, 2.05) is 24.3 Å². The first-order valence-electron chi connectivity index (χ1n) is 9.10. The molecular weight excluding hydrogens is 340 g/mol. The summed E-state index contributed by atoms with van der Waals surface area (Å²) in [6.07, 6.45) is 7.82. The molecule has 3 nitrogen and oxygen atoms in total. The molecule has 1 aromatic carbocycles. The van der Waals surface area contributed by atoms with E-state index in [4.69, 9.17) is 11.6 Å². The lowest BCUT2D eigenvalue weighted by molar-refractivity contribution is -0.119. The Balaban J connectivity index is 1.35. The molecule has 0 unspecified atom stereocenters. The Kier molecular flexibility index (Phi) is 6.87. The predicted molar refractivity (Wildman–Crippen MR) is 102 cm³/mol. The molecule has 0 bridgehead atoms. The van der Waals surface area contributed by atoms with Crippen molar-refractivity contribution in [2.24, 2.45) is 5.92 Å². The number of halogens is 1. The molecule has 24 heavy (non-hydrogen) atoms. The highest BCUT2D eigenvalue weighted by Gasteiger charge is 2.24. The van der Waals surface area contributed by atoms with Crippen molar-refractivity contribution in [2.75, 3.05) is 25.4 Å². The number of piperidine rings is 1. The minimum Gasteiger partial charge on any atom is -0.353 e. The van der Waals surface area contributed by atoms with Gasteiger partial charge in [0.05, 0.1) is 10.8 Å². The molecule has 5 heteroatoms. The number of rotatable bonds is 6. The molecule has 1 heterocycles. The molecule has 1 aromatic rings. The average molecular weight is 367 g/mol. The Hall–Kier alpha value is -0.710. The largest absolute Gasteiger partial charge is 0.353 e. The third kappa shape index (κ3) is 5.40. The Morgan fingerprint density at radius 2 is 1.88 bits per heavy atom. The van der Waals surface area contributed by atoms with Crippen molar-refractivity contribution in [2.45, 2.75) is 49.5 Å². The van der Waals surface area contributed by atoms with E-state index in [9.17, 15) is 4.79 Å². The van der Waals surface area contributed by atoms with Gasteiger partial charge >= 0.3 is 0 Å². The number of hydrogen-bond donors (Lipinski definition) is 1. The van der Waals surface area contributed by atoms with E-state index in [1.54, 1.807) is 0 Å². The molecular formula is C19H27ClN2OS. The normalized spacial score (nSPS) is 20.4. The lowest BCUT2D eigenvalue weighted by atomic mass is 10.0. The Morgan fingerprint density at radius 3 is 2.58 bits per heavy atom. The summed E-state index contributed by atoms with van der Waals surface area (Å²) in [5.41, 5.74) is 0. The fourth-order valence-electron chi connectivity index (χ4n) is 3.79. The second kappa shape index (κ2) is 9.12. The van der Waals surface area contributed by atoms with Crippen molar-refractivity contribution in [3.8, 4) is 0 Å². The van der Waals surface area contributed by atoms with Crippen LogP contribution >= 0.6 is 23.4 Å². The van der Waals surface area contributed by atoms with Gasteiger partial charge in [-0.2, -0.15) is 0 Å². The summed E-state index contributed by atoms with van der Waals surface area (Å²) in [6.45, 7) is 3.52. The molecule has 1 aliphatic heterocycles. The van der Waals surface area contributed by atoms with Crippen LogP contribution in [0.4, 0.5) is 0 Å². The first-order valence-corrected chi connectivity index (χ1v) is 10.5. The zero-order valence-electron chi connectivity index (χ0n) is 14.2. The van der Waals surface area contributed by atoms with Crippen LogP contribution in [0.25, 0.3) is 0 Å². The first-order chi connectivity index (χ1) is 11.7. The second-order valence-corrected chi connectivity index (χ2v) is 8.44. The second-order valence-electron chi connectivity index (χ2n) is 7.01. The number of hydrogen-bond acceptors (Lipinski definition) is 3. The van der Waals surface area contributed by atoms with Gasteiger partial charge in [-0.1, -0.05) is 36.6 Å². The third-order valence-electron chi connectivity index (χ3n) is 5.14. The average Bonchev–Trinajstić information content (AvgIpc) is 3.09. The molecule has 3 rings (SSSR count). The number of carbonyl (C=O) groups is 1. The lowest BCUT2D eigenvalue weighted by Gasteiger charge is -2.33. The molecule has 132 valence electrons. The van der Waals surface area contributed by atoms with Crippen LogP contribution in [-0.4, -0.2) is 42.2 Å². The Morgan fingerprint density at radius 1 is 1.17 bits per heavy atom. The quantitative estimate of drug-likeness (QED) is 0.765. The highest BCUT2D eigenvalue weighted by molar-refractivity contribution is 8.00. The standard InChI is InChI=1S/C19H27ClN2OS/c20-17-7-3-4-8-18(17)24-14-19(23)21-16-9-11-22(12-10-16)13-15-5-1-2-6-15/h3-4,7-8,15-16H,1-2,5-6,9-14H2,(H,21,23). The molecule has 0 aromatic heterocycles. The molecule has 1 N–H and O–H groups in total. The van der Waals surface area contributed by atoms with E-state index in [0.29, 0.717) is 11.8 Å². The first kappa shape index (κ1) is 18.1. The Labute approximate surface area is 154 Å². The van der Waals surface area contributed by atoms with Crippen LogP contribution in [0.3, 0.4) is 0 Å². The summed E-state index contributed by atoms with van der Waals surface area (Å²) in [6, 6.07) is 8.02. The maximum Gasteiger partial charge on any atom is 0.230 e. The van der Waals surface area contributed by atoms with Gasteiger partial charge in [0.25, 0.3) is 0 Å². The molecule has 0 spiro atoms. The van der Waals surface area contributed by atoms with Crippen LogP contribution in [0.2, 0.25) is 5.02 Å². The number of carbonyl (C=O) groups excluding carboxylic acids is 1. The number of thioether (sulfide) groups is 1. The van der Waals surface area contributed by atoms with E-state index in [1.165, 1.54) is 44.0 Å². The van der Waals surface area contributed by atoms with Gasteiger partial charge in [0.2, 0.25) is 5.91 Å². The molecule has 1 saturated carbocycles. The molecule has 2 aliphatic rings. The van der Waals surface area contributed by atoms with Gasteiger partial charge in [0.1, 0.15) is 0 Å². The Bertz CT molecular complexity index is 540. The summed E-state index contributed by atoms with van der Waals surface area (Å²) >= 11 is 7.64. The van der Waals surface area contributed by atoms with E-state index in [-0.39, 0.29) is 5.91 Å². The SMILES string of the molecule is O=C(CSc1ccccc1Cl)NC1CCN(CC2CCCC2)CC1. The van der Waals surface area contributed by atoms with Crippen molar-refractivity contribution in [1.82, 2.24) is 10.2 Å². The van der Waals surface area contributed by atoms with Crippen molar-refractivity contribution >= 4 is 29.3 Å². The third-order valence-corrected chi connectivity index (χ3v) is 6.65. The van der Waals surface area contributed by atoms with Crippen LogP contribution < -0.4 is 5.32 Å². The van der Waals surface area contributed by atoms with Gasteiger partial charge in [-0.3, -0.25) is 4.79 Å². The topological polar surface area (TPSA) is 32.3 Å². The highest BCUT2D eigenvalue weighted by Crippen LogP contribution is 2.27.